The Bertz CT molecular complexity index is 657. The van der Waals surface area contributed by atoms with Crippen molar-refractivity contribution in [1.29, 1.82) is 0 Å². The smallest absolute Gasteiger partial charge is 0.237 e. The highest BCUT2D eigenvalue weighted by Crippen LogP contribution is 2.30. The number of aromatic nitrogens is 2. The van der Waals surface area contributed by atoms with Crippen molar-refractivity contribution in [2.45, 2.75) is 57.9 Å². The van der Waals surface area contributed by atoms with E-state index in [1.54, 1.807) is 0 Å². The zero-order valence-electron chi connectivity index (χ0n) is 15.8. The largest absolute Gasteiger partial charge is 0.373 e. The number of rotatable bonds is 3. The zero-order valence-corrected chi connectivity index (χ0v) is 15.8. The van der Waals surface area contributed by atoms with Crippen molar-refractivity contribution in [2.24, 2.45) is 0 Å². The number of ether oxygens (including phenoxy) is 1. The summed E-state index contributed by atoms with van der Waals surface area (Å²) in [7, 11) is 0. The van der Waals surface area contributed by atoms with Crippen LogP contribution in [0.25, 0.3) is 0 Å². The number of morpholine rings is 1. The highest BCUT2D eigenvalue weighted by Gasteiger charge is 2.34. The van der Waals surface area contributed by atoms with Gasteiger partial charge in [-0.3, -0.25) is 9.69 Å². The third kappa shape index (κ3) is 3.75. The Morgan fingerprint density at radius 2 is 2.15 bits per heavy atom. The van der Waals surface area contributed by atoms with Gasteiger partial charge in [-0.1, -0.05) is 0 Å². The van der Waals surface area contributed by atoms with Crippen molar-refractivity contribution < 1.29 is 9.53 Å². The molecule has 26 heavy (non-hydrogen) atoms. The van der Waals surface area contributed by atoms with Gasteiger partial charge < -0.3 is 15.0 Å². The molecule has 3 aliphatic rings. The van der Waals surface area contributed by atoms with Gasteiger partial charge in [0.25, 0.3) is 0 Å². The Kier molecular flexibility index (Phi) is 5.20. The zero-order chi connectivity index (χ0) is 18.1. The monoisotopic (exact) mass is 359 g/mol. The van der Waals surface area contributed by atoms with Crippen LogP contribution < -0.4 is 5.32 Å². The maximum absolute atomic E-state index is 13.0. The summed E-state index contributed by atoms with van der Waals surface area (Å²) in [5.74, 6) is 1.01. The Hall–Kier alpha value is -1.57. The number of fused-ring (bicyclic) bond motifs is 1. The van der Waals surface area contributed by atoms with Crippen LogP contribution in [0.1, 0.15) is 49.8 Å². The van der Waals surface area contributed by atoms with Gasteiger partial charge in [0.05, 0.1) is 24.8 Å². The summed E-state index contributed by atoms with van der Waals surface area (Å²) < 4.78 is 5.78. The second kappa shape index (κ2) is 7.58. The lowest BCUT2D eigenvalue weighted by Crippen LogP contribution is -2.49. The Morgan fingerprint density at radius 3 is 2.96 bits per heavy atom. The topological polar surface area (TPSA) is 70.6 Å². The molecule has 0 aromatic carbocycles. The predicted molar refractivity (Wildman–Crippen MR) is 97.6 cm³/mol. The molecule has 0 radical (unpaired) electrons. The first-order chi connectivity index (χ1) is 12.6. The molecule has 1 amide bonds. The highest BCUT2D eigenvalue weighted by molar-refractivity contribution is 5.79. The Labute approximate surface area is 155 Å². The van der Waals surface area contributed by atoms with Crippen molar-refractivity contribution in [1.82, 2.24) is 25.1 Å². The summed E-state index contributed by atoms with van der Waals surface area (Å²) >= 11 is 0. The SMILES string of the molecule is CC1CN(CC(=O)N2CCCC2c2ncc3c(n2)CCNC3)CC(C)O1. The number of amides is 1. The van der Waals surface area contributed by atoms with E-state index >= 15 is 0 Å². The van der Waals surface area contributed by atoms with Gasteiger partial charge in [-0.25, -0.2) is 9.97 Å². The van der Waals surface area contributed by atoms with E-state index in [4.69, 9.17) is 9.72 Å². The fraction of sp³-hybridized carbons (Fsp3) is 0.737. The molecular weight excluding hydrogens is 330 g/mol. The number of carbonyl (C=O) groups excluding carboxylic acids is 1. The average Bonchev–Trinajstić information content (AvgIpc) is 3.10. The molecule has 2 saturated heterocycles. The van der Waals surface area contributed by atoms with E-state index in [-0.39, 0.29) is 24.2 Å². The summed E-state index contributed by atoms with van der Waals surface area (Å²) in [6.45, 7) is 8.85. The van der Waals surface area contributed by atoms with E-state index in [2.05, 4.69) is 29.0 Å². The first kappa shape index (κ1) is 17.8. The van der Waals surface area contributed by atoms with Crippen molar-refractivity contribution in [2.75, 3.05) is 32.7 Å². The molecule has 0 saturated carbocycles. The fourth-order valence-corrected chi connectivity index (χ4v) is 4.44. The van der Waals surface area contributed by atoms with Crippen molar-refractivity contribution >= 4 is 5.91 Å². The van der Waals surface area contributed by atoms with Gasteiger partial charge in [-0.15, -0.1) is 0 Å². The first-order valence-corrected chi connectivity index (χ1v) is 9.83. The van der Waals surface area contributed by atoms with Crippen molar-refractivity contribution in [3.63, 3.8) is 0 Å². The molecule has 3 aliphatic heterocycles. The molecule has 1 aromatic heterocycles. The molecule has 7 heteroatoms. The van der Waals surface area contributed by atoms with E-state index in [0.717, 1.165) is 63.5 Å². The molecule has 142 valence electrons. The van der Waals surface area contributed by atoms with Gasteiger partial charge in [0.2, 0.25) is 5.91 Å². The molecule has 2 fully saturated rings. The number of hydrogen-bond donors (Lipinski definition) is 1. The van der Waals surface area contributed by atoms with Crippen LogP contribution in [0.5, 0.6) is 0 Å². The van der Waals surface area contributed by atoms with Gasteiger partial charge >= 0.3 is 0 Å². The standard InChI is InChI=1S/C19H29N5O2/c1-13-10-23(11-14(2)26-13)12-18(25)24-7-3-4-17(24)19-21-9-15-8-20-6-5-16(15)22-19/h9,13-14,17,20H,3-8,10-12H2,1-2H3. The molecule has 3 unspecified atom stereocenters. The molecule has 0 aliphatic carbocycles. The van der Waals surface area contributed by atoms with Crippen LogP contribution >= 0.6 is 0 Å². The molecule has 4 heterocycles. The van der Waals surface area contributed by atoms with Crippen LogP contribution in [-0.2, 0) is 22.5 Å². The molecule has 0 bridgehead atoms. The summed E-state index contributed by atoms with van der Waals surface area (Å²) in [4.78, 5) is 26.6. The second-order valence-corrected chi connectivity index (χ2v) is 7.82. The van der Waals surface area contributed by atoms with E-state index in [1.807, 2.05) is 11.1 Å². The first-order valence-electron chi connectivity index (χ1n) is 9.83. The van der Waals surface area contributed by atoms with Crippen molar-refractivity contribution in [3.8, 4) is 0 Å². The lowest BCUT2D eigenvalue weighted by Gasteiger charge is -2.36. The number of likely N-dealkylation sites (tertiary alicyclic amines) is 1. The number of nitrogens with one attached hydrogen (secondary N) is 1. The van der Waals surface area contributed by atoms with Crippen LogP contribution in [0.2, 0.25) is 0 Å². The molecule has 1 N–H and O–H groups in total. The van der Waals surface area contributed by atoms with Gasteiger partial charge in [0, 0.05) is 56.6 Å². The van der Waals surface area contributed by atoms with E-state index < -0.39 is 0 Å². The van der Waals surface area contributed by atoms with E-state index in [0.29, 0.717) is 6.54 Å². The molecule has 1 aromatic rings. The number of carbonyl (C=O) groups is 1. The van der Waals surface area contributed by atoms with Crippen molar-refractivity contribution in [3.05, 3.63) is 23.3 Å². The fourth-order valence-electron chi connectivity index (χ4n) is 4.44. The Balaban J connectivity index is 1.45. The van der Waals surface area contributed by atoms with Gasteiger partial charge in [-0.2, -0.15) is 0 Å². The van der Waals surface area contributed by atoms with Crippen LogP contribution in [0, 0.1) is 0 Å². The summed E-state index contributed by atoms with van der Waals surface area (Å²) in [5, 5.41) is 3.35. The van der Waals surface area contributed by atoms with Crippen LogP contribution in [-0.4, -0.2) is 70.6 Å². The van der Waals surface area contributed by atoms with Gasteiger partial charge in [-0.05, 0) is 26.7 Å². The quantitative estimate of drug-likeness (QED) is 0.865. The molecule has 7 nitrogen and oxygen atoms in total. The van der Waals surface area contributed by atoms with E-state index in [9.17, 15) is 4.79 Å². The average molecular weight is 359 g/mol. The lowest BCUT2D eigenvalue weighted by molar-refractivity contribution is -0.137. The molecule has 4 rings (SSSR count). The Morgan fingerprint density at radius 1 is 1.35 bits per heavy atom. The van der Waals surface area contributed by atoms with Gasteiger partial charge in [0.15, 0.2) is 5.82 Å². The van der Waals surface area contributed by atoms with Gasteiger partial charge in [0.1, 0.15) is 0 Å². The third-order valence-corrected chi connectivity index (χ3v) is 5.55. The summed E-state index contributed by atoms with van der Waals surface area (Å²) in [5.41, 5.74) is 2.33. The van der Waals surface area contributed by atoms with Crippen LogP contribution in [0.4, 0.5) is 0 Å². The minimum absolute atomic E-state index is 0.0265. The van der Waals surface area contributed by atoms with Crippen LogP contribution in [0.15, 0.2) is 6.20 Å². The van der Waals surface area contributed by atoms with E-state index in [1.165, 1.54) is 5.56 Å². The number of nitrogens with zero attached hydrogens (tertiary/aromatic N) is 4. The lowest BCUT2D eigenvalue weighted by atomic mass is 10.1. The maximum atomic E-state index is 13.0. The summed E-state index contributed by atoms with van der Waals surface area (Å²) in [6, 6.07) is 0.0265. The minimum Gasteiger partial charge on any atom is -0.373 e. The molecule has 0 spiro atoms. The number of hydrogen-bond acceptors (Lipinski definition) is 6. The maximum Gasteiger partial charge on any atom is 0.237 e. The highest BCUT2D eigenvalue weighted by atomic mass is 16.5. The minimum atomic E-state index is 0.0265. The predicted octanol–water partition coefficient (Wildman–Crippen LogP) is 0.895. The summed E-state index contributed by atoms with van der Waals surface area (Å²) in [6.07, 6.45) is 5.22. The molecule has 3 atom stereocenters. The molecular formula is C19H29N5O2. The normalized spacial score (nSPS) is 29.6. The van der Waals surface area contributed by atoms with Crippen LogP contribution in [0.3, 0.4) is 0 Å². The third-order valence-electron chi connectivity index (χ3n) is 5.55. The second-order valence-electron chi connectivity index (χ2n) is 7.82.